The standard InChI is InChI=1S/C13H15Cl2FO/c1-8-6-10(11(14)7-12(8)16)13(15)9-2-4-17-5-3-9/h6-7,9,13H,2-5H2,1H3. The van der Waals surface area contributed by atoms with Crippen molar-refractivity contribution in [3.63, 3.8) is 0 Å². The molecule has 94 valence electrons. The first-order chi connectivity index (χ1) is 8.09. The summed E-state index contributed by atoms with van der Waals surface area (Å²) in [6.07, 6.45) is 1.86. The lowest BCUT2D eigenvalue weighted by Crippen LogP contribution is -2.19. The Balaban J connectivity index is 2.23. The highest BCUT2D eigenvalue weighted by Crippen LogP contribution is 2.39. The summed E-state index contributed by atoms with van der Waals surface area (Å²) in [5.41, 5.74) is 1.42. The second-order valence-electron chi connectivity index (χ2n) is 4.47. The van der Waals surface area contributed by atoms with E-state index in [2.05, 4.69) is 0 Å². The molecule has 0 amide bonds. The van der Waals surface area contributed by atoms with Crippen molar-refractivity contribution in [3.8, 4) is 0 Å². The molecule has 1 aromatic rings. The maximum absolute atomic E-state index is 13.3. The summed E-state index contributed by atoms with van der Waals surface area (Å²) in [5, 5.41) is 0.255. The van der Waals surface area contributed by atoms with Crippen LogP contribution in [0.1, 0.15) is 29.3 Å². The first-order valence-corrected chi connectivity index (χ1v) is 6.58. The van der Waals surface area contributed by atoms with Crippen LogP contribution in [0.4, 0.5) is 4.39 Å². The second-order valence-corrected chi connectivity index (χ2v) is 5.35. The number of alkyl halides is 1. The van der Waals surface area contributed by atoms with E-state index < -0.39 is 0 Å². The summed E-state index contributed by atoms with van der Waals surface area (Å²) < 4.78 is 18.6. The summed E-state index contributed by atoms with van der Waals surface area (Å²) >= 11 is 12.5. The van der Waals surface area contributed by atoms with Gasteiger partial charge in [0.25, 0.3) is 0 Å². The smallest absolute Gasteiger partial charge is 0.127 e. The SMILES string of the molecule is Cc1cc(C(Cl)C2CCOCC2)c(Cl)cc1F. The van der Waals surface area contributed by atoms with Gasteiger partial charge < -0.3 is 4.74 Å². The molecule has 0 spiro atoms. The van der Waals surface area contributed by atoms with Gasteiger partial charge in [0.1, 0.15) is 5.82 Å². The molecule has 4 heteroatoms. The van der Waals surface area contributed by atoms with Crippen molar-refractivity contribution in [3.05, 3.63) is 34.1 Å². The molecule has 1 heterocycles. The molecule has 1 atom stereocenters. The lowest BCUT2D eigenvalue weighted by Gasteiger charge is -2.27. The molecule has 0 aromatic heterocycles. The fraction of sp³-hybridized carbons (Fsp3) is 0.538. The predicted molar refractivity (Wildman–Crippen MR) is 68.3 cm³/mol. The van der Waals surface area contributed by atoms with Gasteiger partial charge in [-0.05, 0) is 42.9 Å². The van der Waals surface area contributed by atoms with E-state index in [1.54, 1.807) is 13.0 Å². The molecule has 1 aliphatic rings. The van der Waals surface area contributed by atoms with Gasteiger partial charge in [0.05, 0.1) is 5.38 Å². The Kier molecular flexibility index (Phi) is 4.29. The second kappa shape index (κ2) is 5.55. The Hall–Kier alpha value is -0.310. The average Bonchev–Trinajstić information content (AvgIpc) is 2.34. The summed E-state index contributed by atoms with van der Waals surface area (Å²) in [7, 11) is 0. The molecule has 0 radical (unpaired) electrons. The van der Waals surface area contributed by atoms with Crippen LogP contribution >= 0.6 is 23.2 Å². The Labute approximate surface area is 111 Å². The van der Waals surface area contributed by atoms with Gasteiger partial charge in [0.2, 0.25) is 0 Å². The number of halogens is 3. The molecule has 1 nitrogen and oxygen atoms in total. The van der Waals surface area contributed by atoms with E-state index in [1.165, 1.54) is 6.07 Å². The summed E-state index contributed by atoms with van der Waals surface area (Å²) in [4.78, 5) is 0. The molecule has 1 aromatic carbocycles. The molecule has 1 aliphatic heterocycles. The van der Waals surface area contributed by atoms with Crippen LogP contribution in [0, 0.1) is 18.7 Å². The van der Waals surface area contributed by atoms with Crippen LogP contribution in [0.15, 0.2) is 12.1 Å². The van der Waals surface area contributed by atoms with E-state index in [-0.39, 0.29) is 11.2 Å². The molecule has 0 bridgehead atoms. The highest BCUT2D eigenvalue weighted by Gasteiger charge is 2.25. The van der Waals surface area contributed by atoms with Gasteiger partial charge in [-0.25, -0.2) is 4.39 Å². The number of benzene rings is 1. The van der Waals surface area contributed by atoms with Gasteiger partial charge >= 0.3 is 0 Å². The molecule has 1 unspecified atom stereocenters. The normalized spacial score (nSPS) is 19.3. The minimum absolute atomic E-state index is 0.161. The topological polar surface area (TPSA) is 9.23 Å². The fourth-order valence-electron chi connectivity index (χ4n) is 2.15. The van der Waals surface area contributed by atoms with Gasteiger partial charge in [0, 0.05) is 18.2 Å². The molecular formula is C13H15Cl2FO. The quantitative estimate of drug-likeness (QED) is 0.723. The third kappa shape index (κ3) is 2.93. The van der Waals surface area contributed by atoms with Crippen molar-refractivity contribution in [1.82, 2.24) is 0 Å². The lowest BCUT2D eigenvalue weighted by molar-refractivity contribution is 0.0650. The van der Waals surface area contributed by atoms with Crippen LogP contribution in [0.5, 0.6) is 0 Å². The number of ether oxygens (including phenoxy) is 1. The van der Waals surface area contributed by atoms with Crippen molar-refractivity contribution in [1.29, 1.82) is 0 Å². The molecular weight excluding hydrogens is 262 g/mol. The van der Waals surface area contributed by atoms with E-state index in [1.807, 2.05) is 0 Å². The van der Waals surface area contributed by atoms with Crippen LogP contribution in [0.3, 0.4) is 0 Å². The number of hydrogen-bond donors (Lipinski definition) is 0. The molecule has 0 saturated carbocycles. The molecule has 0 N–H and O–H groups in total. The molecule has 2 rings (SSSR count). The molecule has 1 saturated heterocycles. The van der Waals surface area contributed by atoms with Gasteiger partial charge in [-0.2, -0.15) is 0 Å². The Morgan fingerprint density at radius 3 is 2.65 bits per heavy atom. The maximum atomic E-state index is 13.3. The van der Waals surface area contributed by atoms with Crippen molar-refractivity contribution in [2.45, 2.75) is 25.1 Å². The van der Waals surface area contributed by atoms with E-state index in [0.29, 0.717) is 16.5 Å². The van der Waals surface area contributed by atoms with Crippen LogP contribution in [-0.2, 0) is 4.74 Å². The van der Waals surface area contributed by atoms with E-state index in [0.717, 1.165) is 31.6 Å². The number of rotatable bonds is 2. The minimum atomic E-state index is -0.283. The fourth-order valence-corrected chi connectivity index (χ4v) is 2.91. The maximum Gasteiger partial charge on any atom is 0.127 e. The zero-order valence-electron chi connectivity index (χ0n) is 9.68. The van der Waals surface area contributed by atoms with Crippen molar-refractivity contribution >= 4 is 23.2 Å². The van der Waals surface area contributed by atoms with Crippen LogP contribution in [0.25, 0.3) is 0 Å². The predicted octanol–water partition coefficient (Wildman–Crippen LogP) is 4.49. The average molecular weight is 277 g/mol. The highest BCUT2D eigenvalue weighted by molar-refractivity contribution is 6.32. The van der Waals surface area contributed by atoms with E-state index in [4.69, 9.17) is 27.9 Å². The minimum Gasteiger partial charge on any atom is -0.381 e. The van der Waals surface area contributed by atoms with Gasteiger partial charge in [-0.15, -0.1) is 11.6 Å². The Morgan fingerprint density at radius 2 is 2.00 bits per heavy atom. The lowest BCUT2D eigenvalue weighted by atomic mass is 9.91. The highest BCUT2D eigenvalue weighted by atomic mass is 35.5. The van der Waals surface area contributed by atoms with Crippen molar-refractivity contribution in [2.75, 3.05) is 13.2 Å². The molecule has 1 fully saturated rings. The van der Waals surface area contributed by atoms with Crippen LogP contribution in [0.2, 0.25) is 5.02 Å². The number of hydrogen-bond acceptors (Lipinski definition) is 1. The Morgan fingerprint density at radius 1 is 1.35 bits per heavy atom. The summed E-state index contributed by atoms with van der Waals surface area (Å²) in [6, 6.07) is 3.10. The third-order valence-corrected chi connectivity index (χ3v) is 4.17. The number of aryl methyl sites for hydroxylation is 1. The first kappa shape index (κ1) is 13.1. The van der Waals surface area contributed by atoms with Crippen molar-refractivity contribution in [2.24, 2.45) is 5.92 Å². The Bertz CT molecular complexity index is 403. The monoisotopic (exact) mass is 276 g/mol. The first-order valence-electron chi connectivity index (χ1n) is 5.77. The largest absolute Gasteiger partial charge is 0.381 e. The van der Waals surface area contributed by atoms with Gasteiger partial charge in [-0.1, -0.05) is 17.7 Å². The molecule has 0 aliphatic carbocycles. The zero-order chi connectivity index (χ0) is 12.4. The zero-order valence-corrected chi connectivity index (χ0v) is 11.2. The van der Waals surface area contributed by atoms with Gasteiger partial charge in [0.15, 0.2) is 0 Å². The van der Waals surface area contributed by atoms with E-state index in [9.17, 15) is 4.39 Å². The van der Waals surface area contributed by atoms with Crippen LogP contribution < -0.4 is 0 Å². The summed E-state index contributed by atoms with van der Waals surface area (Å²) in [5.74, 6) is 0.0716. The third-order valence-electron chi connectivity index (χ3n) is 3.25. The molecule has 17 heavy (non-hydrogen) atoms. The van der Waals surface area contributed by atoms with Gasteiger partial charge in [-0.3, -0.25) is 0 Å². The van der Waals surface area contributed by atoms with E-state index >= 15 is 0 Å². The van der Waals surface area contributed by atoms with Crippen molar-refractivity contribution < 1.29 is 9.13 Å². The van der Waals surface area contributed by atoms with Crippen LogP contribution in [-0.4, -0.2) is 13.2 Å². The summed E-state index contributed by atoms with van der Waals surface area (Å²) in [6.45, 7) is 3.21.